The van der Waals surface area contributed by atoms with Crippen LogP contribution in [0.4, 0.5) is 28.7 Å². The van der Waals surface area contributed by atoms with Gasteiger partial charge in [-0.15, -0.1) is 0 Å². The summed E-state index contributed by atoms with van der Waals surface area (Å²) < 4.78 is 10.7. The van der Waals surface area contributed by atoms with Crippen LogP contribution >= 0.6 is 0 Å². The Balaban J connectivity index is 1.85. The van der Waals surface area contributed by atoms with Crippen molar-refractivity contribution in [1.29, 1.82) is 0 Å². The third-order valence-electron chi connectivity index (χ3n) is 5.27. The van der Waals surface area contributed by atoms with E-state index in [9.17, 15) is 10.1 Å². The van der Waals surface area contributed by atoms with Crippen LogP contribution < -0.4 is 19.7 Å². The number of nitro groups is 1. The van der Waals surface area contributed by atoms with E-state index in [2.05, 4.69) is 15.3 Å². The van der Waals surface area contributed by atoms with E-state index in [1.807, 2.05) is 54.3 Å². The zero-order valence-electron chi connectivity index (χ0n) is 18.5. The molecule has 1 N–H and O–H groups in total. The van der Waals surface area contributed by atoms with Crippen molar-refractivity contribution in [3.63, 3.8) is 0 Å². The molecule has 9 heteroatoms. The van der Waals surface area contributed by atoms with Gasteiger partial charge in [-0.1, -0.05) is 36.4 Å². The Morgan fingerprint density at radius 1 is 1.03 bits per heavy atom. The van der Waals surface area contributed by atoms with E-state index < -0.39 is 4.92 Å². The van der Waals surface area contributed by atoms with Crippen molar-refractivity contribution in [3.8, 4) is 11.5 Å². The zero-order chi connectivity index (χ0) is 23.4. The maximum absolute atomic E-state index is 12.2. The van der Waals surface area contributed by atoms with Gasteiger partial charge in [0.25, 0.3) is 0 Å². The molecule has 0 aliphatic heterocycles. The van der Waals surface area contributed by atoms with E-state index in [0.717, 1.165) is 16.5 Å². The van der Waals surface area contributed by atoms with Gasteiger partial charge in [0.05, 0.1) is 30.5 Å². The minimum Gasteiger partial charge on any atom is -0.497 e. The number of rotatable bonds is 8. The molecule has 33 heavy (non-hydrogen) atoms. The largest absolute Gasteiger partial charge is 0.497 e. The number of hydrogen-bond acceptors (Lipinski definition) is 8. The van der Waals surface area contributed by atoms with Crippen molar-refractivity contribution in [2.24, 2.45) is 0 Å². The fourth-order valence-electron chi connectivity index (χ4n) is 3.74. The zero-order valence-corrected chi connectivity index (χ0v) is 18.5. The van der Waals surface area contributed by atoms with E-state index in [1.54, 1.807) is 25.3 Å². The van der Waals surface area contributed by atoms with E-state index in [0.29, 0.717) is 23.7 Å². The molecule has 0 bridgehead atoms. The molecule has 0 radical (unpaired) electrons. The average Bonchev–Trinajstić information content (AvgIpc) is 2.84. The summed E-state index contributed by atoms with van der Waals surface area (Å²) in [5.74, 6) is 1.31. The van der Waals surface area contributed by atoms with Crippen molar-refractivity contribution < 1.29 is 14.4 Å². The summed E-state index contributed by atoms with van der Waals surface area (Å²) in [5, 5.41) is 17.3. The molecule has 1 heterocycles. The van der Waals surface area contributed by atoms with E-state index >= 15 is 0 Å². The second-order valence-corrected chi connectivity index (χ2v) is 7.09. The summed E-state index contributed by atoms with van der Waals surface area (Å²) in [7, 11) is 3.06. The topological polar surface area (TPSA) is 103 Å². The first-order valence-electron chi connectivity index (χ1n) is 10.3. The van der Waals surface area contributed by atoms with E-state index in [4.69, 9.17) is 9.47 Å². The molecule has 9 nitrogen and oxygen atoms in total. The first kappa shape index (κ1) is 21.8. The number of benzene rings is 3. The van der Waals surface area contributed by atoms with Gasteiger partial charge in [-0.05, 0) is 30.5 Å². The number of nitrogens with zero attached hydrogens (tertiary/aromatic N) is 4. The summed E-state index contributed by atoms with van der Waals surface area (Å²) in [6.07, 6.45) is 1.31. The van der Waals surface area contributed by atoms with Crippen LogP contribution in [0.25, 0.3) is 10.8 Å². The van der Waals surface area contributed by atoms with Crippen LogP contribution in [0, 0.1) is 10.1 Å². The van der Waals surface area contributed by atoms with Crippen LogP contribution in [0.2, 0.25) is 0 Å². The quantitative estimate of drug-likeness (QED) is 0.282. The van der Waals surface area contributed by atoms with Gasteiger partial charge in [-0.2, -0.15) is 0 Å². The third kappa shape index (κ3) is 4.20. The van der Waals surface area contributed by atoms with Crippen molar-refractivity contribution in [2.45, 2.75) is 6.92 Å². The van der Waals surface area contributed by atoms with Gasteiger partial charge in [-0.25, -0.2) is 9.97 Å². The van der Waals surface area contributed by atoms with Crippen LogP contribution in [0.3, 0.4) is 0 Å². The molecule has 168 valence electrons. The SMILES string of the molecule is CCN(c1ncnc(Nc2cc(OC)ccc2OC)c1[N+](=O)[O-])c1cccc2ccccc12. The number of anilines is 4. The Kier molecular flexibility index (Phi) is 6.21. The van der Waals surface area contributed by atoms with Gasteiger partial charge < -0.3 is 19.7 Å². The first-order chi connectivity index (χ1) is 16.1. The summed E-state index contributed by atoms with van der Waals surface area (Å²) in [6, 6.07) is 18.9. The van der Waals surface area contributed by atoms with Gasteiger partial charge in [0.1, 0.15) is 17.8 Å². The lowest BCUT2D eigenvalue weighted by Gasteiger charge is -2.24. The summed E-state index contributed by atoms with van der Waals surface area (Å²) >= 11 is 0. The monoisotopic (exact) mass is 445 g/mol. The molecule has 4 rings (SSSR count). The lowest BCUT2D eigenvalue weighted by molar-refractivity contribution is -0.383. The number of fused-ring (bicyclic) bond motifs is 1. The predicted molar refractivity (Wildman–Crippen MR) is 128 cm³/mol. The Morgan fingerprint density at radius 3 is 2.55 bits per heavy atom. The molecule has 0 saturated heterocycles. The lowest BCUT2D eigenvalue weighted by Crippen LogP contribution is -2.20. The van der Waals surface area contributed by atoms with Gasteiger partial charge in [0.2, 0.25) is 11.6 Å². The maximum atomic E-state index is 12.2. The number of ether oxygens (including phenoxy) is 2. The van der Waals surface area contributed by atoms with Gasteiger partial charge >= 0.3 is 5.69 Å². The molecule has 3 aromatic carbocycles. The number of hydrogen-bond donors (Lipinski definition) is 1. The van der Waals surface area contributed by atoms with E-state index in [-0.39, 0.29) is 17.3 Å². The minimum atomic E-state index is -0.474. The normalized spacial score (nSPS) is 10.6. The second kappa shape index (κ2) is 9.39. The highest BCUT2D eigenvalue weighted by Crippen LogP contribution is 2.40. The molecule has 0 aliphatic rings. The van der Waals surface area contributed by atoms with Gasteiger partial charge in [0.15, 0.2) is 0 Å². The molecular formula is C24H23N5O4. The summed E-state index contributed by atoms with van der Waals surface area (Å²) in [4.78, 5) is 22.1. The van der Waals surface area contributed by atoms with Crippen LogP contribution in [0.5, 0.6) is 11.5 Å². The van der Waals surface area contributed by atoms with Crippen LogP contribution in [-0.2, 0) is 0 Å². The molecule has 0 saturated carbocycles. The summed E-state index contributed by atoms with van der Waals surface area (Å²) in [5.41, 5.74) is 1.07. The standard InChI is InChI=1S/C24H23N5O4/c1-4-28(20-11-7-9-16-8-5-6-10-18(16)20)24-22(29(30)31)23(25-15-26-24)27-19-14-17(32-2)12-13-21(19)33-3/h5-15H,4H2,1-3H3,(H,25,26,27). The highest BCUT2D eigenvalue weighted by atomic mass is 16.6. The van der Waals surface area contributed by atoms with Crippen LogP contribution in [-0.4, -0.2) is 35.7 Å². The van der Waals surface area contributed by atoms with Crippen molar-refractivity contribution >= 4 is 39.5 Å². The smallest absolute Gasteiger partial charge is 0.354 e. The molecule has 0 fully saturated rings. The Morgan fingerprint density at radius 2 is 1.82 bits per heavy atom. The molecule has 0 spiro atoms. The Bertz CT molecular complexity index is 1310. The highest BCUT2D eigenvalue weighted by Gasteiger charge is 2.28. The van der Waals surface area contributed by atoms with Crippen molar-refractivity contribution in [3.05, 3.63) is 77.1 Å². The molecule has 0 aliphatic carbocycles. The highest BCUT2D eigenvalue weighted by molar-refractivity contribution is 5.97. The second-order valence-electron chi connectivity index (χ2n) is 7.09. The average molecular weight is 445 g/mol. The third-order valence-corrected chi connectivity index (χ3v) is 5.27. The molecule has 1 aromatic heterocycles. The van der Waals surface area contributed by atoms with Crippen LogP contribution in [0.1, 0.15) is 6.92 Å². The fraction of sp³-hybridized carbons (Fsp3) is 0.167. The number of nitrogens with one attached hydrogen (secondary N) is 1. The van der Waals surface area contributed by atoms with E-state index in [1.165, 1.54) is 13.4 Å². The van der Waals surface area contributed by atoms with Gasteiger partial charge in [0, 0.05) is 18.0 Å². The number of methoxy groups -OCH3 is 2. The van der Waals surface area contributed by atoms with Crippen LogP contribution in [0.15, 0.2) is 67.0 Å². The molecule has 0 unspecified atom stereocenters. The molecule has 0 atom stereocenters. The molecule has 4 aromatic rings. The van der Waals surface area contributed by atoms with Gasteiger partial charge in [-0.3, -0.25) is 10.1 Å². The van der Waals surface area contributed by atoms with Crippen molar-refractivity contribution in [2.75, 3.05) is 31.0 Å². The Hall–Kier alpha value is -4.40. The van der Waals surface area contributed by atoms with Crippen molar-refractivity contribution in [1.82, 2.24) is 9.97 Å². The molecule has 0 amide bonds. The lowest BCUT2D eigenvalue weighted by atomic mass is 10.1. The fourth-order valence-corrected chi connectivity index (χ4v) is 3.74. The summed E-state index contributed by atoms with van der Waals surface area (Å²) in [6.45, 7) is 2.39. The Labute approximate surface area is 190 Å². The first-order valence-corrected chi connectivity index (χ1v) is 10.3. The minimum absolute atomic E-state index is 0.0511. The maximum Gasteiger partial charge on any atom is 0.354 e. The molecular weight excluding hydrogens is 422 g/mol. The number of aromatic nitrogens is 2. The predicted octanol–water partition coefficient (Wildman–Crippen LogP) is 5.46.